The minimum atomic E-state index is -4.73. The van der Waals surface area contributed by atoms with Gasteiger partial charge in [0.2, 0.25) is 5.28 Å². The summed E-state index contributed by atoms with van der Waals surface area (Å²) in [7, 11) is -3.35. The largest absolute Gasteiger partial charge is 0.569 e. The number of benzene rings is 2. The number of likely N-dealkylation sites (N-methyl/N-ethyl adjacent to an activating group) is 1. The number of halogens is 3. The molecule has 1 N–H and O–H groups in total. The van der Waals surface area contributed by atoms with Crippen LogP contribution in [0.3, 0.4) is 0 Å². The van der Waals surface area contributed by atoms with E-state index in [4.69, 9.17) is 14.3 Å². The SMILES string of the molecule is CC[C@@H](C)[C@@H](C(=O)NS(=O)(=O)c1ccc(-n2nc(C(F)(F)F)cc2-c2ccc(C)cc2)cc1)N(C)[N+]([O-])=NOC(C)OC(=O)OC(C)(C)C. The zero-order valence-electron chi connectivity index (χ0n) is 28.2. The fourth-order valence-electron chi connectivity index (χ4n) is 4.39. The quantitative estimate of drug-likeness (QED) is 0.0759. The van der Waals surface area contributed by atoms with Crippen molar-refractivity contribution in [3.05, 3.63) is 71.1 Å². The van der Waals surface area contributed by atoms with Gasteiger partial charge < -0.3 is 14.7 Å². The van der Waals surface area contributed by atoms with E-state index in [9.17, 15) is 36.4 Å². The number of hydrogen-bond acceptors (Lipinski definition) is 10. The summed E-state index contributed by atoms with van der Waals surface area (Å²) in [6.07, 6.45) is -6.81. The molecule has 14 nitrogen and oxygen atoms in total. The first-order valence-electron chi connectivity index (χ1n) is 15.0. The van der Waals surface area contributed by atoms with Crippen LogP contribution in [0.25, 0.3) is 16.9 Å². The van der Waals surface area contributed by atoms with Crippen molar-refractivity contribution >= 4 is 22.1 Å². The Morgan fingerprint density at radius 3 is 2.20 bits per heavy atom. The summed E-state index contributed by atoms with van der Waals surface area (Å²) < 4.78 is 80.1. The number of rotatable bonds is 12. The zero-order chi connectivity index (χ0) is 36.9. The molecule has 1 unspecified atom stereocenters. The lowest BCUT2D eigenvalue weighted by Gasteiger charge is -2.27. The summed E-state index contributed by atoms with van der Waals surface area (Å²) in [6.45, 7) is 11.3. The van der Waals surface area contributed by atoms with Gasteiger partial charge in [0, 0.05) is 12.5 Å². The lowest BCUT2D eigenvalue weighted by atomic mass is 9.98. The molecule has 0 aliphatic carbocycles. The van der Waals surface area contributed by atoms with Crippen LogP contribution < -0.4 is 4.72 Å². The summed E-state index contributed by atoms with van der Waals surface area (Å²) in [6, 6.07) is 11.0. The highest BCUT2D eigenvalue weighted by Crippen LogP contribution is 2.33. The number of alkyl halides is 3. The minimum Gasteiger partial charge on any atom is -0.569 e. The molecule has 0 aliphatic heterocycles. The van der Waals surface area contributed by atoms with Gasteiger partial charge in [-0.1, -0.05) is 50.1 Å². The van der Waals surface area contributed by atoms with Crippen LogP contribution in [0.1, 0.15) is 59.2 Å². The standard InChI is InChI=1S/C31H39F3N6O8S/c1-9-20(3)27(38(8)40(43)37-48-21(4)46-29(42)47-30(5,6)7)28(41)36-49(44,45)24-16-14-23(15-17-24)39-25(18-26(35-39)31(32,33)34)22-12-10-19(2)11-13-22/h10-18,20-21,27H,9H2,1-8H3,(H,36,41)/t20-,21?,27+/m1/s1. The smallest absolute Gasteiger partial charge is 0.511 e. The van der Waals surface area contributed by atoms with E-state index in [-0.39, 0.29) is 21.2 Å². The third kappa shape index (κ3) is 10.3. The van der Waals surface area contributed by atoms with Crippen LogP contribution in [0.4, 0.5) is 18.0 Å². The first kappa shape index (κ1) is 38.6. The van der Waals surface area contributed by atoms with Crippen molar-refractivity contribution in [2.24, 2.45) is 11.2 Å². The van der Waals surface area contributed by atoms with Gasteiger partial charge in [0.25, 0.3) is 22.2 Å². The molecule has 2 aromatic carbocycles. The molecule has 3 atom stereocenters. The molecule has 3 rings (SSSR count). The Bertz CT molecular complexity index is 1760. The van der Waals surface area contributed by atoms with Crippen LogP contribution in [0.5, 0.6) is 0 Å². The maximum Gasteiger partial charge on any atom is 0.511 e. The van der Waals surface area contributed by atoms with Crippen LogP contribution in [-0.2, 0) is 35.3 Å². The summed E-state index contributed by atoms with van der Waals surface area (Å²) >= 11 is 0. The Morgan fingerprint density at radius 1 is 1.08 bits per heavy atom. The number of carbonyl (C=O) groups excluding carboxylic acids is 2. The third-order valence-corrected chi connectivity index (χ3v) is 8.38. The molecule has 0 aliphatic rings. The van der Waals surface area contributed by atoms with Gasteiger partial charge in [-0.15, -0.1) is 5.01 Å². The maximum atomic E-state index is 13.6. The molecule has 1 amide bonds. The second-order valence-corrected chi connectivity index (χ2v) is 13.8. The molecule has 0 radical (unpaired) electrons. The van der Waals surface area contributed by atoms with Crippen molar-refractivity contribution in [2.75, 3.05) is 7.05 Å². The number of amides is 1. The minimum absolute atomic E-state index is 0.0995. The number of aromatic nitrogens is 2. The summed E-state index contributed by atoms with van der Waals surface area (Å²) in [4.78, 5) is 29.5. The Hall–Kier alpha value is -4.87. The Labute approximate surface area is 282 Å². The average molecular weight is 713 g/mol. The van der Waals surface area contributed by atoms with E-state index in [1.807, 2.05) is 11.6 Å². The molecule has 0 spiro atoms. The van der Waals surface area contributed by atoms with Crippen LogP contribution in [0, 0.1) is 18.0 Å². The molecule has 0 saturated heterocycles. The monoisotopic (exact) mass is 712 g/mol. The Balaban J connectivity index is 1.81. The van der Waals surface area contributed by atoms with Gasteiger partial charge in [0.15, 0.2) is 11.7 Å². The van der Waals surface area contributed by atoms with Gasteiger partial charge in [-0.3, -0.25) is 9.63 Å². The van der Waals surface area contributed by atoms with Crippen molar-refractivity contribution in [3.8, 4) is 16.9 Å². The van der Waals surface area contributed by atoms with E-state index in [0.717, 1.165) is 33.5 Å². The number of ether oxygens (including phenoxy) is 2. The molecule has 49 heavy (non-hydrogen) atoms. The van der Waals surface area contributed by atoms with E-state index in [1.165, 1.54) is 26.1 Å². The van der Waals surface area contributed by atoms with Crippen molar-refractivity contribution in [1.29, 1.82) is 0 Å². The second kappa shape index (κ2) is 15.1. The summed E-state index contributed by atoms with van der Waals surface area (Å²) in [5.41, 5.74) is -0.382. The molecule has 0 bridgehead atoms. The molecular weight excluding hydrogens is 673 g/mol. The van der Waals surface area contributed by atoms with Crippen LogP contribution in [0.15, 0.2) is 64.8 Å². The fourth-order valence-corrected chi connectivity index (χ4v) is 5.38. The Morgan fingerprint density at radius 2 is 1.67 bits per heavy atom. The highest BCUT2D eigenvalue weighted by molar-refractivity contribution is 7.90. The van der Waals surface area contributed by atoms with Crippen LogP contribution in [-0.4, -0.2) is 65.2 Å². The second-order valence-electron chi connectivity index (χ2n) is 12.1. The molecule has 3 aromatic rings. The normalized spacial score (nSPS) is 14.4. The van der Waals surface area contributed by atoms with Crippen LogP contribution >= 0.6 is 0 Å². The topological polar surface area (TPSA) is 167 Å². The van der Waals surface area contributed by atoms with Crippen molar-refractivity contribution in [1.82, 2.24) is 19.5 Å². The van der Waals surface area contributed by atoms with Crippen molar-refractivity contribution in [3.63, 3.8) is 0 Å². The first-order valence-corrected chi connectivity index (χ1v) is 16.5. The van der Waals surface area contributed by atoms with E-state index in [1.54, 1.807) is 58.9 Å². The van der Waals surface area contributed by atoms with Crippen LogP contribution in [0.2, 0.25) is 0 Å². The van der Waals surface area contributed by atoms with Crippen molar-refractivity contribution in [2.45, 2.75) is 83.9 Å². The first-order chi connectivity index (χ1) is 22.6. The highest BCUT2D eigenvalue weighted by atomic mass is 32.2. The predicted octanol–water partition coefficient (Wildman–Crippen LogP) is 6.12. The van der Waals surface area contributed by atoms with E-state index in [0.29, 0.717) is 12.0 Å². The third-order valence-electron chi connectivity index (χ3n) is 7.01. The lowest BCUT2D eigenvalue weighted by molar-refractivity contribution is -0.713. The van der Waals surface area contributed by atoms with Gasteiger partial charge in [0.05, 0.1) is 28.3 Å². The Kier molecular flexibility index (Phi) is 11.9. The molecule has 268 valence electrons. The summed E-state index contributed by atoms with van der Waals surface area (Å²) in [5, 5.41) is 20.5. The molecule has 0 fully saturated rings. The predicted molar refractivity (Wildman–Crippen MR) is 169 cm³/mol. The van der Waals surface area contributed by atoms with Gasteiger partial charge in [0.1, 0.15) is 5.60 Å². The molecule has 1 aromatic heterocycles. The van der Waals surface area contributed by atoms with E-state index < -0.39 is 57.8 Å². The average Bonchev–Trinajstić information content (AvgIpc) is 3.45. The van der Waals surface area contributed by atoms with Gasteiger partial charge >= 0.3 is 12.3 Å². The molecule has 18 heteroatoms. The van der Waals surface area contributed by atoms with Gasteiger partial charge in [-0.2, -0.15) is 18.3 Å². The highest BCUT2D eigenvalue weighted by Gasteiger charge is 2.37. The van der Waals surface area contributed by atoms with Crippen molar-refractivity contribution < 1.29 is 50.5 Å². The number of nitrogens with zero attached hydrogens (tertiary/aromatic N) is 5. The number of sulfonamides is 1. The maximum absolute atomic E-state index is 13.6. The lowest BCUT2D eigenvalue weighted by Crippen LogP contribution is -2.52. The fraction of sp³-hybridized carbons (Fsp3) is 0.452. The zero-order valence-corrected chi connectivity index (χ0v) is 29.0. The summed E-state index contributed by atoms with van der Waals surface area (Å²) in [5.74, 6) is -1.65. The van der Waals surface area contributed by atoms with E-state index in [2.05, 4.69) is 10.4 Å². The molecule has 1 heterocycles. The van der Waals surface area contributed by atoms with Gasteiger partial charge in [-0.25, -0.2) is 22.6 Å². The van der Waals surface area contributed by atoms with Gasteiger partial charge in [-0.05, 0) is 63.9 Å². The molecule has 0 saturated carbocycles. The number of aryl methyl sites for hydroxylation is 1. The number of carbonyl (C=O) groups is 2. The number of nitrogens with one attached hydrogen (secondary N) is 1. The van der Waals surface area contributed by atoms with E-state index >= 15 is 0 Å². The number of hydrazine groups is 1. The molecular formula is C31H39F3N6O8S. The number of hydrogen-bond donors (Lipinski definition) is 1.